The van der Waals surface area contributed by atoms with Gasteiger partial charge in [-0.2, -0.15) is 5.10 Å². The van der Waals surface area contributed by atoms with Gasteiger partial charge in [-0.3, -0.25) is 14.4 Å². The smallest absolute Gasteiger partial charge is 0.237 e. The van der Waals surface area contributed by atoms with Crippen LogP contribution < -0.4 is 5.32 Å². The Labute approximate surface area is 125 Å². The lowest BCUT2D eigenvalue weighted by Crippen LogP contribution is -2.44. The molecule has 1 aromatic heterocycles. The zero-order valence-corrected chi connectivity index (χ0v) is 13.2. The Bertz CT molecular complexity index is 472. The molecule has 2 heterocycles. The van der Waals surface area contributed by atoms with Gasteiger partial charge in [-0.05, 0) is 18.8 Å². The standard InChI is InChI=1S/C14H23ClN4O/c1-10(2)7-12-14(20)16-5-4-6-19(12)9-11-8-17-18(3)13(11)15/h8,10,12H,4-7,9H2,1-3H3,(H,16,20). The minimum Gasteiger partial charge on any atom is -0.355 e. The highest BCUT2D eigenvalue weighted by Crippen LogP contribution is 2.21. The third-order valence-corrected chi connectivity index (χ3v) is 4.16. The van der Waals surface area contributed by atoms with E-state index in [1.807, 2.05) is 7.05 Å². The highest BCUT2D eigenvalue weighted by molar-refractivity contribution is 6.30. The van der Waals surface area contributed by atoms with Gasteiger partial charge in [-0.15, -0.1) is 0 Å². The lowest BCUT2D eigenvalue weighted by atomic mass is 10.0. The molecule has 1 unspecified atom stereocenters. The van der Waals surface area contributed by atoms with Crippen LogP contribution in [0.3, 0.4) is 0 Å². The molecule has 0 radical (unpaired) electrons. The van der Waals surface area contributed by atoms with Gasteiger partial charge in [0.1, 0.15) is 5.15 Å². The summed E-state index contributed by atoms with van der Waals surface area (Å²) < 4.78 is 1.66. The highest BCUT2D eigenvalue weighted by Gasteiger charge is 2.29. The predicted octanol–water partition coefficient (Wildman–Crippen LogP) is 1.81. The maximum Gasteiger partial charge on any atom is 0.237 e. The summed E-state index contributed by atoms with van der Waals surface area (Å²) in [5, 5.41) is 7.82. The first kappa shape index (κ1) is 15.3. The summed E-state index contributed by atoms with van der Waals surface area (Å²) >= 11 is 6.23. The molecule has 1 N–H and O–H groups in total. The quantitative estimate of drug-likeness (QED) is 0.922. The molecule has 1 aliphatic heterocycles. The van der Waals surface area contributed by atoms with Crippen molar-refractivity contribution in [3.8, 4) is 0 Å². The van der Waals surface area contributed by atoms with Gasteiger partial charge < -0.3 is 5.32 Å². The lowest BCUT2D eigenvalue weighted by Gasteiger charge is -2.29. The van der Waals surface area contributed by atoms with Gasteiger partial charge in [0.15, 0.2) is 0 Å². The number of hydrogen-bond acceptors (Lipinski definition) is 3. The number of amides is 1. The molecule has 1 amide bonds. The molecule has 1 aromatic rings. The maximum absolute atomic E-state index is 12.2. The van der Waals surface area contributed by atoms with E-state index < -0.39 is 0 Å². The first-order chi connectivity index (χ1) is 9.49. The molecule has 1 fully saturated rings. The summed E-state index contributed by atoms with van der Waals surface area (Å²) in [7, 11) is 1.83. The number of nitrogens with one attached hydrogen (secondary N) is 1. The zero-order chi connectivity index (χ0) is 14.7. The molecule has 1 atom stereocenters. The van der Waals surface area contributed by atoms with Crippen molar-refractivity contribution >= 4 is 17.5 Å². The van der Waals surface area contributed by atoms with Crippen LogP contribution in [0, 0.1) is 5.92 Å². The summed E-state index contributed by atoms with van der Waals surface area (Å²) in [5.74, 6) is 0.618. The zero-order valence-electron chi connectivity index (χ0n) is 12.4. The molecule has 0 spiro atoms. The molecule has 0 aromatic carbocycles. The summed E-state index contributed by atoms with van der Waals surface area (Å²) in [6.07, 6.45) is 3.62. The monoisotopic (exact) mass is 298 g/mol. The van der Waals surface area contributed by atoms with Crippen LogP contribution in [0.15, 0.2) is 6.20 Å². The molecule has 1 aliphatic rings. The number of aryl methyl sites for hydroxylation is 1. The van der Waals surface area contributed by atoms with Crippen molar-refractivity contribution in [2.75, 3.05) is 13.1 Å². The molecule has 6 heteroatoms. The van der Waals surface area contributed by atoms with E-state index in [1.165, 1.54) is 0 Å². The predicted molar refractivity (Wildman–Crippen MR) is 79.5 cm³/mol. The summed E-state index contributed by atoms with van der Waals surface area (Å²) in [5.41, 5.74) is 0.984. The third kappa shape index (κ3) is 3.52. The van der Waals surface area contributed by atoms with Crippen molar-refractivity contribution in [1.29, 1.82) is 0 Å². The first-order valence-corrected chi connectivity index (χ1v) is 7.55. The molecular weight excluding hydrogens is 276 g/mol. The van der Waals surface area contributed by atoms with Crippen molar-refractivity contribution in [2.24, 2.45) is 13.0 Å². The van der Waals surface area contributed by atoms with Crippen LogP contribution in [0.25, 0.3) is 0 Å². The molecule has 20 heavy (non-hydrogen) atoms. The average Bonchev–Trinajstić information content (AvgIpc) is 2.60. The third-order valence-electron chi connectivity index (χ3n) is 3.67. The van der Waals surface area contributed by atoms with Crippen molar-refractivity contribution in [3.63, 3.8) is 0 Å². The molecule has 0 aliphatic carbocycles. The van der Waals surface area contributed by atoms with Crippen LogP contribution >= 0.6 is 11.6 Å². The van der Waals surface area contributed by atoms with Crippen LogP contribution in [0.4, 0.5) is 0 Å². The van der Waals surface area contributed by atoms with Gasteiger partial charge in [0.2, 0.25) is 5.91 Å². The van der Waals surface area contributed by atoms with E-state index in [2.05, 4.69) is 29.2 Å². The van der Waals surface area contributed by atoms with Gasteiger partial charge >= 0.3 is 0 Å². The molecule has 112 valence electrons. The van der Waals surface area contributed by atoms with Crippen LogP contribution in [0.1, 0.15) is 32.3 Å². The number of hydrogen-bond donors (Lipinski definition) is 1. The number of carbonyl (C=O) groups is 1. The maximum atomic E-state index is 12.2. The van der Waals surface area contributed by atoms with Gasteiger partial charge in [0.25, 0.3) is 0 Å². The van der Waals surface area contributed by atoms with Gasteiger partial charge in [0, 0.05) is 32.2 Å². The number of nitrogens with zero attached hydrogens (tertiary/aromatic N) is 3. The minimum absolute atomic E-state index is 0.0752. The molecule has 0 saturated carbocycles. The van der Waals surface area contributed by atoms with Gasteiger partial charge in [-0.1, -0.05) is 25.4 Å². The van der Waals surface area contributed by atoms with Crippen molar-refractivity contribution in [2.45, 2.75) is 39.3 Å². The second-order valence-corrected chi connectivity index (χ2v) is 6.20. The van der Waals surface area contributed by atoms with E-state index >= 15 is 0 Å². The summed E-state index contributed by atoms with van der Waals surface area (Å²) in [4.78, 5) is 14.5. The van der Waals surface area contributed by atoms with Gasteiger partial charge in [0.05, 0.1) is 12.2 Å². The SMILES string of the molecule is CC(C)CC1C(=O)NCCCN1Cc1cnn(C)c1Cl. The molecule has 1 saturated heterocycles. The normalized spacial score (nSPS) is 21.1. The van der Waals surface area contributed by atoms with Crippen LogP contribution in [-0.2, 0) is 18.4 Å². The molecule has 0 bridgehead atoms. The Balaban J connectivity index is 2.16. The summed E-state index contributed by atoms with van der Waals surface area (Å²) in [6.45, 7) is 6.63. The number of aromatic nitrogens is 2. The Morgan fingerprint density at radius 2 is 2.30 bits per heavy atom. The minimum atomic E-state index is -0.0752. The number of rotatable bonds is 4. The second kappa shape index (κ2) is 6.59. The Hall–Kier alpha value is -1.07. The van der Waals surface area contributed by atoms with Crippen molar-refractivity contribution < 1.29 is 4.79 Å². The topological polar surface area (TPSA) is 50.2 Å². The fourth-order valence-corrected chi connectivity index (χ4v) is 2.77. The molecule has 2 rings (SSSR count). The van der Waals surface area contributed by atoms with Crippen LogP contribution in [-0.4, -0.2) is 39.7 Å². The number of halogens is 1. The van der Waals surface area contributed by atoms with Crippen molar-refractivity contribution in [3.05, 3.63) is 16.9 Å². The van der Waals surface area contributed by atoms with Crippen LogP contribution in [0.5, 0.6) is 0 Å². The van der Waals surface area contributed by atoms with E-state index in [1.54, 1.807) is 10.9 Å². The van der Waals surface area contributed by atoms with Gasteiger partial charge in [-0.25, -0.2) is 0 Å². The van der Waals surface area contributed by atoms with Crippen LogP contribution in [0.2, 0.25) is 5.15 Å². The Kier molecular flexibility index (Phi) is 5.05. The largest absolute Gasteiger partial charge is 0.355 e. The van der Waals surface area contributed by atoms with Crippen molar-refractivity contribution in [1.82, 2.24) is 20.0 Å². The summed E-state index contributed by atoms with van der Waals surface area (Å²) in [6, 6.07) is -0.0752. The second-order valence-electron chi connectivity index (χ2n) is 5.84. The Morgan fingerprint density at radius 3 is 2.90 bits per heavy atom. The Morgan fingerprint density at radius 1 is 1.55 bits per heavy atom. The fraction of sp³-hybridized carbons (Fsp3) is 0.714. The highest BCUT2D eigenvalue weighted by atomic mass is 35.5. The fourth-order valence-electron chi connectivity index (χ4n) is 2.62. The van der Waals surface area contributed by atoms with E-state index in [0.29, 0.717) is 17.6 Å². The van der Waals surface area contributed by atoms with E-state index in [4.69, 9.17) is 11.6 Å². The first-order valence-electron chi connectivity index (χ1n) is 7.17. The van der Waals surface area contributed by atoms with E-state index in [-0.39, 0.29) is 11.9 Å². The average molecular weight is 299 g/mol. The number of carbonyl (C=O) groups excluding carboxylic acids is 1. The molecular formula is C14H23ClN4O. The molecule has 5 nitrogen and oxygen atoms in total. The van der Waals surface area contributed by atoms with E-state index in [9.17, 15) is 4.79 Å². The van der Waals surface area contributed by atoms with E-state index in [0.717, 1.165) is 31.5 Å². The lowest BCUT2D eigenvalue weighted by molar-refractivity contribution is -0.126.